The van der Waals surface area contributed by atoms with Crippen molar-refractivity contribution < 1.29 is 4.74 Å². The van der Waals surface area contributed by atoms with Gasteiger partial charge in [0.15, 0.2) is 0 Å². The van der Waals surface area contributed by atoms with E-state index in [1.165, 1.54) is 6.42 Å². The molecule has 0 amide bonds. The predicted molar refractivity (Wildman–Crippen MR) is 68.6 cm³/mol. The fourth-order valence-corrected chi connectivity index (χ4v) is 2.98. The van der Waals surface area contributed by atoms with E-state index in [0.717, 1.165) is 26.1 Å². The van der Waals surface area contributed by atoms with Crippen LogP contribution < -0.4 is 5.73 Å². The second-order valence-corrected chi connectivity index (χ2v) is 6.01. The summed E-state index contributed by atoms with van der Waals surface area (Å²) in [7, 11) is 0. The summed E-state index contributed by atoms with van der Waals surface area (Å²) < 4.78 is 6.14. The molecule has 1 atom stereocenters. The maximum atomic E-state index is 6.14. The Morgan fingerprint density at radius 2 is 1.88 bits per heavy atom. The highest BCUT2D eigenvalue weighted by Gasteiger charge is 2.47. The van der Waals surface area contributed by atoms with Crippen LogP contribution in [0.4, 0.5) is 0 Å². The monoisotopic (exact) mass is 228 g/mol. The van der Waals surface area contributed by atoms with Crippen molar-refractivity contribution in [2.75, 3.05) is 19.6 Å². The third-order valence-electron chi connectivity index (χ3n) is 3.39. The molecule has 1 saturated heterocycles. The van der Waals surface area contributed by atoms with Gasteiger partial charge in [0.2, 0.25) is 0 Å². The average molecular weight is 228 g/mol. The first-order chi connectivity index (χ1) is 7.32. The molecule has 0 aliphatic carbocycles. The van der Waals surface area contributed by atoms with E-state index in [4.69, 9.17) is 10.5 Å². The fraction of sp³-hybridized carbons (Fsp3) is 1.00. The van der Waals surface area contributed by atoms with Crippen LogP contribution in [0, 0.1) is 0 Å². The van der Waals surface area contributed by atoms with Gasteiger partial charge in [0.25, 0.3) is 0 Å². The third kappa shape index (κ3) is 3.19. The van der Waals surface area contributed by atoms with Crippen LogP contribution in [-0.2, 0) is 4.74 Å². The minimum absolute atomic E-state index is 0.00520. The molecule has 0 radical (unpaired) electrons. The van der Waals surface area contributed by atoms with Crippen molar-refractivity contribution in [2.45, 2.75) is 64.7 Å². The molecule has 0 aromatic heterocycles. The smallest absolute Gasteiger partial charge is 0.0789 e. The van der Waals surface area contributed by atoms with Crippen molar-refractivity contribution in [3.8, 4) is 0 Å². The van der Waals surface area contributed by atoms with Gasteiger partial charge >= 0.3 is 0 Å². The zero-order chi connectivity index (χ0) is 12.4. The van der Waals surface area contributed by atoms with E-state index in [1.54, 1.807) is 0 Å². The average Bonchev–Trinajstić information content (AvgIpc) is 2.34. The molecule has 1 aliphatic rings. The van der Waals surface area contributed by atoms with Crippen LogP contribution >= 0.6 is 0 Å². The van der Waals surface area contributed by atoms with Gasteiger partial charge in [-0.2, -0.15) is 0 Å². The SMILES string of the molecule is CCCN(CCN)C1CC(C)(C)OC1(C)C. The summed E-state index contributed by atoms with van der Waals surface area (Å²) in [6, 6.07) is 0.492. The van der Waals surface area contributed by atoms with Crippen LogP contribution in [0.2, 0.25) is 0 Å². The van der Waals surface area contributed by atoms with Gasteiger partial charge in [-0.25, -0.2) is 0 Å². The zero-order valence-corrected chi connectivity index (χ0v) is 11.5. The van der Waals surface area contributed by atoms with E-state index in [1.807, 2.05) is 0 Å². The first-order valence-corrected chi connectivity index (χ1v) is 6.46. The van der Waals surface area contributed by atoms with Crippen molar-refractivity contribution >= 4 is 0 Å². The second-order valence-electron chi connectivity index (χ2n) is 6.01. The highest BCUT2D eigenvalue weighted by atomic mass is 16.5. The van der Waals surface area contributed by atoms with Crippen LogP contribution in [-0.4, -0.2) is 41.8 Å². The normalized spacial score (nSPS) is 27.6. The van der Waals surface area contributed by atoms with E-state index < -0.39 is 0 Å². The summed E-state index contributed by atoms with van der Waals surface area (Å²) in [5.41, 5.74) is 5.63. The predicted octanol–water partition coefficient (Wildman–Crippen LogP) is 2.00. The molecule has 1 fully saturated rings. The first kappa shape index (κ1) is 13.9. The lowest BCUT2D eigenvalue weighted by Crippen LogP contribution is -2.48. The Kier molecular flexibility index (Phi) is 4.38. The minimum Gasteiger partial charge on any atom is -0.368 e. The summed E-state index contributed by atoms with van der Waals surface area (Å²) in [6.45, 7) is 13.8. The van der Waals surface area contributed by atoms with Crippen molar-refractivity contribution in [1.29, 1.82) is 0 Å². The Morgan fingerprint density at radius 1 is 1.25 bits per heavy atom. The number of hydrogen-bond acceptors (Lipinski definition) is 3. The Balaban J connectivity index is 2.75. The molecule has 16 heavy (non-hydrogen) atoms. The first-order valence-electron chi connectivity index (χ1n) is 6.46. The Bertz CT molecular complexity index is 220. The zero-order valence-electron chi connectivity index (χ0n) is 11.5. The molecule has 1 aliphatic heterocycles. The van der Waals surface area contributed by atoms with Gasteiger partial charge in [-0.3, -0.25) is 4.90 Å². The van der Waals surface area contributed by atoms with Crippen LogP contribution in [0.1, 0.15) is 47.5 Å². The number of rotatable bonds is 5. The van der Waals surface area contributed by atoms with Crippen LogP contribution in [0.3, 0.4) is 0 Å². The quantitative estimate of drug-likeness (QED) is 0.782. The number of ether oxygens (including phenoxy) is 1. The molecule has 96 valence electrons. The molecule has 1 heterocycles. The number of nitrogens with two attached hydrogens (primary N) is 1. The van der Waals surface area contributed by atoms with E-state index >= 15 is 0 Å². The summed E-state index contributed by atoms with van der Waals surface area (Å²) in [5.74, 6) is 0. The van der Waals surface area contributed by atoms with Gasteiger partial charge < -0.3 is 10.5 Å². The maximum Gasteiger partial charge on any atom is 0.0789 e. The summed E-state index contributed by atoms with van der Waals surface area (Å²) in [4.78, 5) is 2.49. The molecule has 1 rings (SSSR count). The van der Waals surface area contributed by atoms with Crippen LogP contribution in [0.5, 0.6) is 0 Å². The third-order valence-corrected chi connectivity index (χ3v) is 3.39. The molecule has 3 nitrogen and oxygen atoms in total. The van der Waals surface area contributed by atoms with Gasteiger partial charge in [0.05, 0.1) is 11.2 Å². The molecule has 1 unspecified atom stereocenters. The molecule has 2 N–H and O–H groups in total. The van der Waals surface area contributed by atoms with Crippen molar-refractivity contribution in [1.82, 2.24) is 4.90 Å². The second kappa shape index (κ2) is 5.03. The topological polar surface area (TPSA) is 38.5 Å². The lowest BCUT2D eigenvalue weighted by molar-refractivity contribution is -0.0803. The van der Waals surface area contributed by atoms with E-state index in [2.05, 4.69) is 39.5 Å². The summed E-state index contributed by atoms with van der Waals surface area (Å²) in [6.07, 6.45) is 2.27. The molecule has 0 bridgehead atoms. The fourth-order valence-electron chi connectivity index (χ4n) is 2.98. The van der Waals surface area contributed by atoms with E-state index in [-0.39, 0.29) is 11.2 Å². The van der Waals surface area contributed by atoms with Crippen molar-refractivity contribution in [2.24, 2.45) is 5.73 Å². The number of nitrogens with zero attached hydrogens (tertiary/aromatic N) is 1. The Hall–Kier alpha value is -0.120. The molecule has 0 aromatic rings. The maximum absolute atomic E-state index is 6.14. The van der Waals surface area contributed by atoms with Gasteiger partial charge in [-0.15, -0.1) is 0 Å². The largest absolute Gasteiger partial charge is 0.368 e. The highest BCUT2D eigenvalue weighted by molar-refractivity contribution is 5.00. The van der Waals surface area contributed by atoms with Gasteiger partial charge in [0, 0.05) is 19.1 Å². The molecule has 0 aromatic carbocycles. The Morgan fingerprint density at radius 3 is 2.25 bits per heavy atom. The summed E-state index contributed by atoms with van der Waals surface area (Å²) in [5, 5.41) is 0. The minimum atomic E-state index is -0.0617. The van der Waals surface area contributed by atoms with Gasteiger partial charge in [0.1, 0.15) is 0 Å². The van der Waals surface area contributed by atoms with Crippen molar-refractivity contribution in [3.05, 3.63) is 0 Å². The number of hydrogen-bond donors (Lipinski definition) is 1. The van der Waals surface area contributed by atoms with Crippen LogP contribution in [0.15, 0.2) is 0 Å². The van der Waals surface area contributed by atoms with E-state index in [0.29, 0.717) is 6.04 Å². The van der Waals surface area contributed by atoms with Gasteiger partial charge in [-0.05, 0) is 47.1 Å². The molecule has 0 saturated carbocycles. The molecule has 0 spiro atoms. The lowest BCUT2D eigenvalue weighted by atomic mass is 9.92. The van der Waals surface area contributed by atoms with Crippen LogP contribution in [0.25, 0.3) is 0 Å². The molecular weight excluding hydrogens is 200 g/mol. The van der Waals surface area contributed by atoms with Crippen molar-refractivity contribution in [3.63, 3.8) is 0 Å². The Labute approximate surface area is 100 Å². The highest BCUT2D eigenvalue weighted by Crippen LogP contribution is 2.40. The molecule has 3 heteroatoms. The van der Waals surface area contributed by atoms with Gasteiger partial charge in [-0.1, -0.05) is 6.92 Å². The summed E-state index contributed by atoms with van der Waals surface area (Å²) >= 11 is 0. The lowest BCUT2D eigenvalue weighted by Gasteiger charge is -2.36. The standard InChI is InChI=1S/C13H28N2O/c1-6-8-15(9-7-14)11-10-12(2,3)16-13(11,4)5/h11H,6-10,14H2,1-5H3. The molecular formula is C13H28N2O. The van der Waals surface area contributed by atoms with E-state index in [9.17, 15) is 0 Å².